The Kier molecular flexibility index (Phi) is 8.79. The summed E-state index contributed by atoms with van der Waals surface area (Å²) in [4.78, 5) is 40.3. The van der Waals surface area contributed by atoms with Crippen LogP contribution in [0.25, 0.3) is 0 Å². The fourth-order valence-corrected chi connectivity index (χ4v) is 7.36. The number of aliphatic hydroxyl groups is 4. The molecule has 7 atom stereocenters. The van der Waals surface area contributed by atoms with Crippen molar-refractivity contribution in [3.05, 3.63) is 56.9 Å². The molecule has 3 aliphatic carbocycles. The van der Waals surface area contributed by atoms with Crippen molar-refractivity contribution in [3.8, 4) is 0 Å². The number of aliphatic hydroxyl groups excluding tert-OH is 4. The average molecular weight is 571 g/mol. The molecule has 0 fully saturated rings. The fraction of sp³-hybridized carbons (Fsp3) is 0.594. The van der Waals surface area contributed by atoms with Crippen LogP contribution in [-0.4, -0.2) is 69.7 Å². The van der Waals surface area contributed by atoms with Gasteiger partial charge in [-0.1, -0.05) is 24.6 Å². The summed E-state index contributed by atoms with van der Waals surface area (Å²) in [6.45, 7) is 12.3. The van der Waals surface area contributed by atoms with Crippen LogP contribution in [0.4, 0.5) is 0 Å². The number of ketones is 3. The number of carbonyl (C=O) groups excluding carboxylic acids is 3. The summed E-state index contributed by atoms with van der Waals surface area (Å²) in [5.74, 6) is -4.10. The van der Waals surface area contributed by atoms with Crippen LogP contribution in [0, 0.1) is 30.1 Å². The van der Waals surface area contributed by atoms with Crippen molar-refractivity contribution in [1.82, 2.24) is 0 Å². The fourth-order valence-electron chi connectivity index (χ4n) is 7.36. The molecule has 7 unspecified atom stereocenters. The Hall–Kier alpha value is -2.69. The first-order valence-electron chi connectivity index (χ1n) is 14.4. The van der Waals surface area contributed by atoms with E-state index in [2.05, 4.69) is 0 Å². The van der Waals surface area contributed by atoms with Gasteiger partial charge in [0.15, 0.2) is 29.9 Å². The van der Waals surface area contributed by atoms with Crippen molar-refractivity contribution in [2.24, 2.45) is 23.2 Å². The van der Waals surface area contributed by atoms with Gasteiger partial charge in [-0.05, 0) is 70.6 Å². The Morgan fingerprint density at radius 1 is 1.10 bits per heavy atom. The number of hydrogen-bond acceptors (Lipinski definition) is 9. The quantitative estimate of drug-likeness (QED) is 0.258. The predicted octanol–water partition coefficient (Wildman–Crippen LogP) is 3.47. The van der Waals surface area contributed by atoms with Crippen LogP contribution in [0.15, 0.2) is 34.6 Å². The lowest BCUT2D eigenvalue weighted by Gasteiger charge is -2.52. The number of fused-ring (bicyclic) bond motifs is 3. The highest BCUT2D eigenvalue weighted by Gasteiger charge is 2.60. The lowest BCUT2D eigenvalue weighted by atomic mass is 9.50. The van der Waals surface area contributed by atoms with Crippen molar-refractivity contribution >= 4 is 17.3 Å². The van der Waals surface area contributed by atoms with Gasteiger partial charge in [0.2, 0.25) is 0 Å². The average Bonchev–Trinajstić information content (AvgIpc) is 2.90. The highest BCUT2D eigenvalue weighted by Crippen LogP contribution is 2.58. The molecule has 0 saturated carbocycles. The summed E-state index contributed by atoms with van der Waals surface area (Å²) >= 11 is 0. The third-order valence-electron chi connectivity index (χ3n) is 9.76. The lowest BCUT2D eigenvalue weighted by molar-refractivity contribution is -0.215. The minimum atomic E-state index is -1.33. The Morgan fingerprint density at radius 3 is 2.22 bits per heavy atom. The van der Waals surface area contributed by atoms with E-state index < -0.39 is 53.4 Å². The maximum absolute atomic E-state index is 14.3. The van der Waals surface area contributed by atoms with Crippen molar-refractivity contribution in [1.29, 1.82) is 0 Å². The maximum atomic E-state index is 14.3. The van der Waals surface area contributed by atoms with Gasteiger partial charge in [-0.15, -0.1) is 0 Å². The van der Waals surface area contributed by atoms with Gasteiger partial charge in [0.05, 0.1) is 23.0 Å². The van der Waals surface area contributed by atoms with E-state index in [1.807, 2.05) is 26.0 Å². The monoisotopic (exact) mass is 570 g/mol. The van der Waals surface area contributed by atoms with Crippen LogP contribution in [-0.2, 0) is 25.5 Å². The van der Waals surface area contributed by atoms with E-state index in [1.165, 1.54) is 6.92 Å². The molecule has 0 spiro atoms. The van der Waals surface area contributed by atoms with Crippen LogP contribution >= 0.6 is 0 Å². The molecule has 0 radical (unpaired) electrons. The molecule has 0 aromatic heterocycles. The highest BCUT2D eigenvalue weighted by atomic mass is 16.6. The third kappa shape index (κ3) is 4.81. The maximum Gasteiger partial charge on any atom is 0.189 e. The van der Waals surface area contributed by atoms with Gasteiger partial charge in [-0.2, -0.15) is 0 Å². The number of Topliss-reactive ketones (excluding diaryl/α,β-unsaturated/α-hetero) is 3. The van der Waals surface area contributed by atoms with Gasteiger partial charge >= 0.3 is 0 Å². The van der Waals surface area contributed by atoms with Crippen LogP contribution in [0.2, 0.25) is 0 Å². The van der Waals surface area contributed by atoms with Gasteiger partial charge < -0.3 is 29.9 Å². The zero-order valence-corrected chi connectivity index (χ0v) is 24.9. The molecule has 1 aromatic carbocycles. The molecule has 9 heteroatoms. The van der Waals surface area contributed by atoms with Crippen LogP contribution in [0.5, 0.6) is 0 Å². The summed E-state index contributed by atoms with van der Waals surface area (Å²) in [6.07, 6.45) is -3.53. The second kappa shape index (κ2) is 11.5. The van der Waals surface area contributed by atoms with Gasteiger partial charge in [0, 0.05) is 42.6 Å². The van der Waals surface area contributed by atoms with E-state index in [4.69, 9.17) is 9.47 Å². The molecule has 4 N–H and O–H groups in total. The Labute approximate surface area is 240 Å². The molecule has 0 bridgehead atoms. The van der Waals surface area contributed by atoms with E-state index >= 15 is 0 Å². The molecule has 0 heterocycles. The van der Waals surface area contributed by atoms with Crippen LogP contribution in [0.1, 0.15) is 80.9 Å². The number of allylic oxidation sites excluding steroid dienone is 3. The Balaban J connectivity index is 1.84. The van der Waals surface area contributed by atoms with Crippen LogP contribution < -0.4 is 0 Å². The summed E-state index contributed by atoms with van der Waals surface area (Å²) < 4.78 is 10.7. The largest absolute Gasteiger partial charge is 0.511 e. The van der Waals surface area contributed by atoms with Crippen molar-refractivity contribution in [2.75, 3.05) is 13.2 Å². The SMILES string of the molecule is CCOC(O)C(Cc1ccc2c(c1C)C(=O)C1=C(C)C3(C)C(=O)C(C(C)=O)=C(O)CC3C(O)C1C2C)C(O)OCC. The number of carbonyl (C=O) groups is 3. The zero-order valence-electron chi connectivity index (χ0n) is 24.9. The normalized spacial score (nSPS) is 30.0. The minimum Gasteiger partial charge on any atom is -0.511 e. The number of hydrogen-bond donors (Lipinski definition) is 4. The highest BCUT2D eigenvalue weighted by molar-refractivity contribution is 6.24. The molecule has 224 valence electrons. The molecule has 0 saturated heterocycles. The van der Waals surface area contributed by atoms with Crippen LogP contribution in [0.3, 0.4) is 0 Å². The summed E-state index contributed by atoms with van der Waals surface area (Å²) in [5, 5.41) is 43.5. The molecule has 9 nitrogen and oxygen atoms in total. The van der Waals surface area contributed by atoms with E-state index in [0.717, 1.165) is 11.1 Å². The molecular weight excluding hydrogens is 528 g/mol. The number of benzene rings is 1. The van der Waals surface area contributed by atoms with E-state index in [1.54, 1.807) is 27.7 Å². The second-order valence-electron chi connectivity index (χ2n) is 11.8. The molecule has 41 heavy (non-hydrogen) atoms. The molecule has 0 aliphatic heterocycles. The second-order valence-corrected chi connectivity index (χ2v) is 11.8. The topological polar surface area (TPSA) is 151 Å². The van der Waals surface area contributed by atoms with Gasteiger partial charge in [-0.3, -0.25) is 14.4 Å². The minimum absolute atomic E-state index is 0.0309. The first kappa shape index (κ1) is 31.3. The first-order chi connectivity index (χ1) is 19.2. The van der Waals surface area contributed by atoms with E-state index in [-0.39, 0.29) is 49.1 Å². The number of ether oxygens (including phenoxy) is 2. The smallest absolute Gasteiger partial charge is 0.189 e. The first-order valence-corrected chi connectivity index (χ1v) is 14.4. The van der Waals surface area contributed by atoms with Gasteiger partial charge in [0.25, 0.3) is 0 Å². The van der Waals surface area contributed by atoms with Gasteiger partial charge in [0.1, 0.15) is 5.76 Å². The van der Waals surface area contributed by atoms with E-state index in [9.17, 15) is 34.8 Å². The van der Waals surface area contributed by atoms with Crippen molar-refractivity contribution < 1.29 is 44.3 Å². The van der Waals surface area contributed by atoms with E-state index in [0.29, 0.717) is 22.3 Å². The Bertz CT molecular complexity index is 1310. The molecule has 4 rings (SSSR count). The predicted molar refractivity (Wildman–Crippen MR) is 150 cm³/mol. The number of rotatable bonds is 9. The standard InChI is InChI=1S/C32H42O9/c1-8-40-30(38)20(31(39)41-9-2)12-18-10-11-19-15(4)24-25(28(36)23(19)14(18)3)16(5)32(7)21(27(24)35)13-22(34)26(17(6)33)29(32)37/h10-11,15,20-21,24,27,30-31,34-35,38-39H,8-9,12-13H2,1-7H3. The summed E-state index contributed by atoms with van der Waals surface area (Å²) in [5.41, 5.74) is 1.92. The Morgan fingerprint density at radius 2 is 1.68 bits per heavy atom. The zero-order chi connectivity index (χ0) is 30.5. The third-order valence-corrected chi connectivity index (χ3v) is 9.76. The lowest BCUT2D eigenvalue weighted by Crippen LogP contribution is -2.56. The summed E-state index contributed by atoms with van der Waals surface area (Å²) in [6, 6.07) is 3.71. The molecule has 0 amide bonds. The molecule has 1 aromatic rings. The summed E-state index contributed by atoms with van der Waals surface area (Å²) in [7, 11) is 0. The van der Waals surface area contributed by atoms with Gasteiger partial charge in [-0.25, -0.2) is 0 Å². The molecular formula is C32H42O9. The molecule has 3 aliphatic rings. The van der Waals surface area contributed by atoms with Crippen molar-refractivity contribution in [3.63, 3.8) is 0 Å². The van der Waals surface area contributed by atoms with Crippen molar-refractivity contribution in [2.45, 2.75) is 85.9 Å².